The first-order valence-corrected chi connectivity index (χ1v) is 40.5. The molecule has 0 radical (unpaired) electrons. The number of para-hydroxylation sites is 2. The van der Waals surface area contributed by atoms with Gasteiger partial charge in [0.25, 0.3) is 0 Å². The third kappa shape index (κ3) is 28.1. The Kier molecular flexibility index (Phi) is 35.8. The molecule has 5 aromatic rings. The van der Waals surface area contributed by atoms with Crippen LogP contribution in [0.2, 0.25) is 0 Å². The minimum absolute atomic E-state index is 0.0190. The van der Waals surface area contributed by atoms with E-state index in [9.17, 15) is 97.1 Å². The maximum absolute atomic E-state index is 14.9. The standard InChI is InChI=1S/C82H116N18O20/c1-42(2)31-56(72(110)93-60(36-49-40-87-54-20-12-10-18-52(49)54)75(113)96-62(33-44(5)6)81(119)99-29-15-22-64(99)78(116)88-41-68(106)107)91-71(109)55(21-13-14-28-83)89-80(118)69(46(8)101)98-77(115)57(32-43(3)4)95-79(117)65-23-16-30-100(65)82(120)63(38-67(104)105)97-73(111)58(34-47-24-26-50(102)27-25-47)92-74(112)59(35-48-39-86-53-19-11-9-17-51(48)53)94-76(114)61(37-66(85)103)90-70(108)45(7)84/h9-12,17-20,24-27,39-40,42-46,55-65,69,86-87,101-102H,13-16,21-23,28-38,41,83-84H2,1-8H3,(H2,85,103)(H,88,116)(H,89,118)(H,90,108)(H,91,109)(H,92,112)(H,93,110)(H,94,114)(H,95,117)(H,96,113)(H,97,111)(H,98,115)(H,104,105)(H,106,107)/t45-,46+,55-,56-,57-,58-,59-,60-,61-,62-,63-,64-,65-,69-/m0/s1. The number of aromatic hydroxyl groups is 1. The Morgan fingerprint density at radius 1 is 0.458 bits per heavy atom. The van der Waals surface area contributed by atoms with Crippen LogP contribution in [0.3, 0.4) is 0 Å². The van der Waals surface area contributed by atoms with Gasteiger partial charge in [0.2, 0.25) is 82.7 Å². The first-order chi connectivity index (χ1) is 56.8. The second-order valence-corrected chi connectivity index (χ2v) is 32.0. The molecule has 2 fully saturated rings. The second kappa shape index (κ2) is 45.2. The number of carbonyl (C=O) groups excluding carboxylic acids is 14. The lowest BCUT2D eigenvalue weighted by atomic mass is 9.98. The number of likely N-dealkylation sites (tertiary alicyclic amines) is 2. The van der Waals surface area contributed by atoms with Crippen LogP contribution in [-0.2, 0) is 96.0 Å². The third-order valence-electron chi connectivity index (χ3n) is 20.7. The third-order valence-corrected chi connectivity index (χ3v) is 20.7. The van der Waals surface area contributed by atoms with Gasteiger partial charge in [-0.1, -0.05) is 90.1 Å². The molecular formula is C82H116N18O20. The van der Waals surface area contributed by atoms with Gasteiger partial charge in [-0.05, 0) is 143 Å². The van der Waals surface area contributed by atoms with E-state index in [-0.39, 0.29) is 114 Å². The lowest BCUT2D eigenvalue weighted by molar-refractivity contribution is -0.146. The molecule has 3 aromatic carbocycles. The van der Waals surface area contributed by atoms with Gasteiger partial charge in [0, 0.05) is 66.6 Å². The number of carboxylic acid groups (broad SMARTS) is 2. The van der Waals surface area contributed by atoms with E-state index >= 15 is 0 Å². The predicted octanol–water partition coefficient (Wildman–Crippen LogP) is -1.24. The van der Waals surface area contributed by atoms with E-state index in [4.69, 9.17) is 17.2 Å². The first kappa shape index (κ1) is 95.1. The van der Waals surface area contributed by atoms with Crippen molar-refractivity contribution in [1.29, 1.82) is 0 Å². The van der Waals surface area contributed by atoms with Crippen LogP contribution in [-0.4, -0.2) is 246 Å². The minimum Gasteiger partial charge on any atom is -0.508 e. The van der Waals surface area contributed by atoms with Gasteiger partial charge >= 0.3 is 11.9 Å². The highest BCUT2D eigenvalue weighted by molar-refractivity contribution is 6.02. The highest BCUT2D eigenvalue weighted by Crippen LogP contribution is 2.26. The number of phenols is 1. The van der Waals surface area contributed by atoms with E-state index in [0.717, 1.165) is 4.90 Å². The molecule has 0 spiro atoms. The van der Waals surface area contributed by atoms with Crippen molar-refractivity contribution in [3.8, 4) is 5.75 Å². The monoisotopic (exact) mass is 1670 g/mol. The Bertz CT molecular complexity index is 4470. The van der Waals surface area contributed by atoms with Crippen LogP contribution in [0.5, 0.6) is 5.75 Å². The van der Waals surface area contributed by atoms with E-state index < -0.39 is 199 Å². The number of phenolic OH excluding ortho intramolecular Hbond substituents is 1. The number of aromatic nitrogens is 2. The molecule has 4 heterocycles. The van der Waals surface area contributed by atoms with Gasteiger partial charge in [0.15, 0.2) is 0 Å². The number of aliphatic hydroxyl groups excluding tert-OH is 1. The van der Waals surface area contributed by atoms with Crippen molar-refractivity contribution in [3.63, 3.8) is 0 Å². The number of carboxylic acids is 2. The second-order valence-electron chi connectivity index (χ2n) is 32.0. The van der Waals surface area contributed by atoms with Crippen LogP contribution < -0.4 is 75.7 Å². The average molecular weight is 1670 g/mol. The van der Waals surface area contributed by atoms with Gasteiger partial charge in [-0.3, -0.25) is 76.7 Å². The molecule has 0 aliphatic carbocycles. The fourth-order valence-electron chi connectivity index (χ4n) is 14.6. The lowest BCUT2D eigenvalue weighted by Gasteiger charge is -2.31. The Hall–Kier alpha value is -12.1. The maximum atomic E-state index is 14.9. The summed E-state index contributed by atoms with van der Waals surface area (Å²) in [5, 5.41) is 70.9. The highest BCUT2D eigenvalue weighted by Gasteiger charge is 2.44. The number of aliphatic carboxylic acids is 2. The number of hydrogen-bond acceptors (Lipinski definition) is 20. The predicted molar refractivity (Wildman–Crippen MR) is 438 cm³/mol. The number of amides is 14. The Balaban J connectivity index is 1.08. The number of nitrogens with one attached hydrogen (secondary N) is 13. The van der Waals surface area contributed by atoms with E-state index in [1.165, 1.54) is 43.0 Å². The number of primary amides is 1. The van der Waals surface area contributed by atoms with Crippen LogP contribution in [0.4, 0.5) is 0 Å². The van der Waals surface area contributed by atoms with Crippen LogP contribution in [0.25, 0.3) is 21.8 Å². The van der Waals surface area contributed by atoms with Crippen molar-refractivity contribution >= 4 is 116 Å². The van der Waals surface area contributed by atoms with Gasteiger partial charge < -0.3 is 116 Å². The molecule has 2 aliphatic rings. The number of nitrogens with two attached hydrogens (primary N) is 3. The molecule has 120 heavy (non-hydrogen) atoms. The molecule has 7 rings (SSSR count). The van der Waals surface area contributed by atoms with Crippen LogP contribution >= 0.6 is 0 Å². The fraction of sp³-hybridized carbons (Fsp3) is 0.537. The van der Waals surface area contributed by atoms with Crippen molar-refractivity contribution in [1.82, 2.24) is 78.3 Å². The number of aliphatic hydroxyl groups is 1. The zero-order valence-corrected chi connectivity index (χ0v) is 68.8. The smallest absolute Gasteiger partial charge is 0.322 e. The van der Waals surface area contributed by atoms with Crippen molar-refractivity contribution in [2.45, 2.75) is 236 Å². The normalized spacial score (nSPS) is 17.0. The summed E-state index contributed by atoms with van der Waals surface area (Å²) in [7, 11) is 0. The van der Waals surface area contributed by atoms with Crippen LogP contribution in [0, 0.1) is 17.8 Å². The van der Waals surface area contributed by atoms with Crippen LogP contribution in [0.15, 0.2) is 85.2 Å². The maximum Gasteiger partial charge on any atom is 0.322 e. The number of benzene rings is 3. The van der Waals surface area contributed by atoms with Gasteiger partial charge in [-0.2, -0.15) is 0 Å². The molecule has 38 nitrogen and oxygen atoms in total. The summed E-state index contributed by atoms with van der Waals surface area (Å²) in [6.07, 6.45) is 0.222. The summed E-state index contributed by atoms with van der Waals surface area (Å²) in [6.45, 7) is 12.6. The number of rotatable bonds is 46. The summed E-state index contributed by atoms with van der Waals surface area (Å²) < 4.78 is 0. The molecule has 0 bridgehead atoms. The van der Waals surface area contributed by atoms with Crippen molar-refractivity contribution in [2.75, 3.05) is 26.2 Å². The number of H-pyrrole nitrogens is 2. The fourth-order valence-corrected chi connectivity index (χ4v) is 14.6. The summed E-state index contributed by atoms with van der Waals surface area (Å²) in [6, 6.07) is 0.311. The van der Waals surface area contributed by atoms with Gasteiger partial charge in [-0.25, -0.2) is 0 Å². The van der Waals surface area contributed by atoms with Gasteiger partial charge in [0.1, 0.15) is 84.8 Å². The van der Waals surface area contributed by atoms with E-state index in [1.54, 1.807) is 76.5 Å². The molecule has 14 amide bonds. The first-order valence-electron chi connectivity index (χ1n) is 40.5. The van der Waals surface area contributed by atoms with Crippen molar-refractivity contribution < 1.29 is 97.1 Å². The Morgan fingerprint density at radius 3 is 1.36 bits per heavy atom. The van der Waals surface area contributed by atoms with Crippen molar-refractivity contribution in [2.24, 2.45) is 35.0 Å². The SMILES string of the molecule is CC(C)C[C@H](NC(=O)[C@H](CCCCN)NC(=O)[C@@H](NC(=O)[C@H](CC(C)C)NC(=O)[C@@H]1CCCN1C(=O)[C@H](CC(=O)O)NC(=O)[C@H](Cc1ccc(O)cc1)NC(=O)[C@H](Cc1c[nH]c2ccccc12)NC(=O)[C@H](CC(N)=O)NC(=O)[C@H](C)N)[C@@H](C)O)C(=O)N[C@@H](Cc1c[nH]c2ccccc12)C(=O)N[C@@H](CC(C)C)C(=O)N1CCC[C@H]1C(=O)NCC(=O)O. The van der Waals surface area contributed by atoms with E-state index in [0.29, 0.717) is 51.3 Å². The lowest BCUT2D eigenvalue weighted by Crippen LogP contribution is -2.62. The van der Waals surface area contributed by atoms with Crippen molar-refractivity contribution in [3.05, 3.63) is 102 Å². The molecule has 0 saturated carbocycles. The molecule has 2 aliphatic heterocycles. The number of hydrogen-bond donors (Lipinski definition) is 20. The summed E-state index contributed by atoms with van der Waals surface area (Å²) in [5.41, 5.74) is 19.9. The minimum atomic E-state index is -1.94. The zero-order chi connectivity index (χ0) is 88.4. The molecule has 2 saturated heterocycles. The molecule has 654 valence electrons. The van der Waals surface area contributed by atoms with E-state index in [1.807, 2.05) is 26.0 Å². The van der Waals surface area contributed by atoms with E-state index in [2.05, 4.69) is 68.5 Å². The quantitative estimate of drug-likeness (QED) is 0.0203. The van der Waals surface area contributed by atoms with Gasteiger partial charge in [-0.15, -0.1) is 0 Å². The summed E-state index contributed by atoms with van der Waals surface area (Å²) in [4.78, 5) is 233. The number of carbonyl (C=O) groups is 16. The Morgan fingerprint density at radius 2 is 0.875 bits per heavy atom. The molecule has 38 heteroatoms. The zero-order valence-electron chi connectivity index (χ0n) is 68.8. The molecule has 2 aromatic heterocycles. The number of nitrogens with zero attached hydrogens (tertiary/aromatic N) is 2. The number of unbranched alkanes of at least 4 members (excludes halogenated alkanes) is 1. The topological polar surface area (TPSA) is 602 Å². The Labute approximate surface area is 694 Å². The highest BCUT2D eigenvalue weighted by atomic mass is 16.4. The summed E-state index contributed by atoms with van der Waals surface area (Å²) >= 11 is 0. The largest absolute Gasteiger partial charge is 0.508 e. The molecule has 23 N–H and O–H groups in total. The molecule has 0 unspecified atom stereocenters. The molecule has 14 atom stereocenters. The van der Waals surface area contributed by atoms with Gasteiger partial charge in [0.05, 0.1) is 25.0 Å². The number of fused-ring (bicyclic) bond motifs is 2. The molecular weight excluding hydrogens is 1560 g/mol. The summed E-state index contributed by atoms with van der Waals surface area (Å²) in [5.74, 6) is -16.8. The number of aromatic amines is 2. The van der Waals surface area contributed by atoms with Crippen LogP contribution in [0.1, 0.15) is 149 Å². The average Bonchev–Trinajstić information content (AvgIpc) is 1.66.